The fraction of sp³-hybridized carbons (Fsp3) is 0.786. The quantitative estimate of drug-likeness (QED) is 0.600. The summed E-state index contributed by atoms with van der Waals surface area (Å²) in [5.74, 6) is 0.445. The Morgan fingerprint density at radius 2 is 1.74 bits per heavy atom. The second kappa shape index (κ2) is 10.5. The summed E-state index contributed by atoms with van der Waals surface area (Å²) in [6.07, 6.45) is 13.3. The number of unbranched alkanes of at least 4 members (excludes halogenated alkanes) is 8. The minimum atomic E-state index is 0.0136. The van der Waals surface area contributed by atoms with Crippen molar-refractivity contribution >= 4 is 11.9 Å². The van der Waals surface area contributed by atoms with E-state index in [4.69, 9.17) is 0 Å². The molecular formula is C14H26N4O. The van der Waals surface area contributed by atoms with Crippen LogP contribution in [0.4, 0.5) is 5.95 Å². The van der Waals surface area contributed by atoms with Crippen LogP contribution in [0.25, 0.3) is 0 Å². The summed E-state index contributed by atoms with van der Waals surface area (Å²) in [6.45, 7) is 2.24. The van der Waals surface area contributed by atoms with Gasteiger partial charge in [0, 0.05) is 6.42 Å². The Morgan fingerprint density at radius 1 is 1.11 bits per heavy atom. The molecular weight excluding hydrogens is 240 g/mol. The van der Waals surface area contributed by atoms with E-state index in [1.54, 1.807) is 0 Å². The highest BCUT2D eigenvalue weighted by molar-refractivity contribution is 5.88. The van der Waals surface area contributed by atoms with E-state index in [1.165, 1.54) is 51.3 Å². The highest BCUT2D eigenvalue weighted by Gasteiger charge is 2.03. The number of carbonyl (C=O) groups excluding carboxylic acids is 1. The maximum absolute atomic E-state index is 11.5. The van der Waals surface area contributed by atoms with Crippen LogP contribution in [0, 0.1) is 0 Å². The average molecular weight is 266 g/mol. The molecule has 19 heavy (non-hydrogen) atoms. The number of anilines is 1. The molecule has 0 aliphatic heterocycles. The van der Waals surface area contributed by atoms with Crippen LogP contribution in [0.2, 0.25) is 0 Å². The lowest BCUT2D eigenvalue weighted by molar-refractivity contribution is -0.116. The molecule has 0 saturated carbocycles. The first kappa shape index (κ1) is 15.7. The average Bonchev–Trinajstić information content (AvgIpc) is 2.89. The fourth-order valence-electron chi connectivity index (χ4n) is 2.06. The topological polar surface area (TPSA) is 70.7 Å². The summed E-state index contributed by atoms with van der Waals surface area (Å²) in [6, 6.07) is 0. The third-order valence-electron chi connectivity index (χ3n) is 3.18. The first-order valence-corrected chi connectivity index (χ1v) is 7.48. The number of aromatic nitrogens is 3. The van der Waals surface area contributed by atoms with Gasteiger partial charge < -0.3 is 0 Å². The zero-order valence-electron chi connectivity index (χ0n) is 12.0. The highest BCUT2D eigenvalue weighted by atomic mass is 16.1. The second-order valence-corrected chi connectivity index (χ2v) is 4.96. The summed E-state index contributed by atoms with van der Waals surface area (Å²) < 4.78 is 0. The first-order valence-electron chi connectivity index (χ1n) is 7.48. The van der Waals surface area contributed by atoms with Crippen LogP contribution in [-0.2, 0) is 4.79 Å². The standard InChI is InChI=1S/C14H26N4O/c1-2-3-4-5-6-7-8-9-10-11-13(19)17-14-15-12-16-18-14/h12H,2-11H2,1H3,(H2,15,16,17,18,19). The van der Waals surface area contributed by atoms with Crippen molar-refractivity contribution in [3.8, 4) is 0 Å². The van der Waals surface area contributed by atoms with Gasteiger partial charge in [0.25, 0.3) is 0 Å². The summed E-state index contributed by atoms with van der Waals surface area (Å²) >= 11 is 0. The SMILES string of the molecule is CCCCCCCCCCCC(=O)Nc1ncn[nH]1. The molecule has 1 aromatic rings. The van der Waals surface area contributed by atoms with Gasteiger partial charge in [0.2, 0.25) is 11.9 Å². The van der Waals surface area contributed by atoms with Crippen molar-refractivity contribution in [1.82, 2.24) is 15.2 Å². The monoisotopic (exact) mass is 266 g/mol. The zero-order valence-corrected chi connectivity index (χ0v) is 12.0. The molecule has 0 saturated heterocycles. The summed E-state index contributed by atoms with van der Waals surface area (Å²) in [5.41, 5.74) is 0. The van der Waals surface area contributed by atoms with Crippen molar-refractivity contribution in [3.05, 3.63) is 6.33 Å². The van der Waals surface area contributed by atoms with E-state index in [1.807, 2.05) is 0 Å². The Balaban J connectivity index is 1.86. The van der Waals surface area contributed by atoms with Crippen LogP contribution in [0.1, 0.15) is 71.1 Å². The number of rotatable bonds is 11. The van der Waals surface area contributed by atoms with Crippen molar-refractivity contribution in [2.75, 3.05) is 5.32 Å². The molecule has 1 aromatic heterocycles. The maximum Gasteiger partial charge on any atom is 0.226 e. The van der Waals surface area contributed by atoms with Gasteiger partial charge in [0.1, 0.15) is 6.33 Å². The van der Waals surface area contributed by atoms with E-state index < -0.39 is 0 Å². The molecule has 2 N–H and O–H groups in total. The van der Waals surface area contributed by atoms with Crippen LogP contribution in [0.15, 0.2) is 6.33 Å². The first-order chi connectivity index (χ1) is 9.33. The third-order valence-corrected chi connectivity index (χ3v) is 3.18. The largest absolute Gasteiger partial charge is 0.295 e. The molecule has 0 radical (unpaired) electrons. The van der Waals surface area contributed by atoms with Gasteiger partial charge in [-0.3, -0.25) is 10.1 Å². The highest BCUT2D eigenvalue weighted by Crippen LogP contribution is 2.10. The number of amides is 1. The van der Waals surface area contributed by atoms with Crippen LogP contribution in [-0.4, -0.2) is 21.1 Å². The van der Waals surface area contributed by atoms with Crippen molar-refractivity contribution in [1.29, 1.82) is 0 Å². The summed E-state index contributed by atoms with van der Waals surface area (Å²) in [4.78, 5) is 15.4. The molecule has 0 aliphatic carbocycles. The van der Waals surface area contributed by atoms with Crippen molar-refractivity contribution in [2.45, 2.75) is 71.1 Å². The predicted octanol–water partition coefficient (Wildman–Crippen LogP) is 3.66. The van der Waals surface area contributed by atoms with E-state index in [0.717, 1.165) is 12.8 Å². The van der Waals surface area contributed by atoms with Gasteiger partial charge in [0.15, 0.2) is 0 Å². The number of hydrogen-bond donors (Lipinski definition) is 2. The number of hydrogen-bond acceptors (Lipinski definition) is 3. The summed E-state index contributed by atoms with van der Waals surface area (Å²) in [7, 11) is 0. The number of H-pyrrole nitrogens is 1. The van der Waals surface area contributed by atoms with Gasteiger partial charge in [-0.05, 0) is 6.42 Å². The fourth-order valence-corrected chi connectivity index (χ4v) is 2.06. The van der Waals surface area contributed by atoms with Crippen LogP contribution in [0.3, 0.4) is 0 Å². The van der Waals surface area contributed by atoms with E-state index in [2.05, 4.69) is 27.4 Å². The van der Waals surface area contributed by atoms with E-state index in [0.29, 0.717) is 12.4 Å². The van der Waals surface area contributed by atoms with Gasteiger partial charge in [-0.2, -0.15) is 10.1 Å². The Bertz CT molecular complexity index is 324. The van der Waals surface area contributed by atoms with Gasteiger partial charge in [-0.15, -0.1) is 0 Å². The summed E-state index contributed by atoms with van der Waals surface area (Å²) in [5, 5.41) is 8.96. The number of carbonyl (C=O) groups is 1. The lowest BCUT2D eigenvalue weighted by Crippen LogP contribution is -2.12. The molecule has 0 aliphatic rings. The normalized spacial score (nSPS) is 10.6. The molecule has 0 unspecified atom stereocenters. The number of nitrogens with zero attached hydrogens (tertiary/aromatic N) is 2. The van der Waals surface area contributed by atoms with Gasteiger partial charge >= 0.3 is 0 Å². The second-order valence-electron chi connectivity index (χ2n) is 4.96. The molecule has 0 spiro atoms. The number of aromatic amines is 1. The van der Waals surface area contributed by atoms with Gasteiger partial charge in [-0.1, -0.05) is 58.3 Å². The Kier molecular flexibility index (Phi) is 8.68. The van der Waals surface area contributed by atoms with E-state index in [9.17, 15) is 4.79 Å². The van der Waals surface area contributed by atoms with E-state index >= 15 is 0 Å². The molecule has 0 aromatic carbocycles. The Morgan fingerprint density at radius 3 is 2.32 bits per heavy atom. The lowest BCUT2D eigenvalue weighted by atomic mass is 10.1. The predicted molar refractivity (Wildman–Crippen MR) is 76.9 cm³/mol. The third kappa shape index (κ3) is 8.35. The van der Waals surface area contributed by atoms with Crippen LogP contribution >= 0.6 is 0 Å². The van der Waals surface area contributed by atoms with Crippen LogP contribution < -0.4 is 5.32 Å². The van der Waals surface area contributed by atoms with E-state index in [-0.39, 0.29) is 5.91 Å². The lowest BCUT2D eigenvalue weighted by Gasteiger charge is -2.02. The molecule has 5 nitrogen and oxygen atoms in total. The molecule has 108 valence electrons. The molecule has 1 rings (SSSR count). The van der Waals surface area contributed by atoms with Crippen molar-refractivity contribution in [3.63, 3.8) is 0 Å². The Labute approximate surface area is 115 Å². The number of nitrogens with one attached hydrogen (secondary N) is 2. The molecule has 0 bridgehead atoms. The maximum atomic E-state index is 11.5. The molecule has 1 amide bonds. The zero-order chi connectivity index (χ0) is 13.8. The minimum Gasteiger partial charge on any atom is -0.295 e. The van der Waals surface area contributed by atoms with Crippen molar-refractivity contribution in [2.24, 2.45) is 0 Å². The molecule has 0 atom stereocenters. The smallest absolute Gasteiger partial charge is 0.226 e. The van der Waals surface area contributed by atoms with Gasteiger partial charge in [0.05, 0.1) is 0 Å². The minimum absolute atomic E-state index is 0.0136. The van der Waals surface area contributed by atoms with Crippen molar-refractivity contribution < 1.29 is 4.79 Å². The molecule has 5 heteroatoms. The Hall–Kier alpha value is -1.39. The van der Waals surface area contributed by atoms with Gasteiger partial charge in [-0.25, -0.2) is 5.10 Å². The van der Waals surface area contributed by atoms with Crippen LogP contribution in [0.5, 0.6) is 0 Å². The molecule has 1 heterocycles. The molecule has 0 fully saturated rings.